The summed E-state index contributed by atoms with van der Waals surface area (Å²) in [6.45, 7) is 4.76. The first-order valence-electron chi connectivity index (χ1n) is 6.81. The number of rotatable bonds is 4. The van der Waals surface area contributed by atoms with E-state index in [1.165, 1.54) is 16.4 Å². The highest BCUT2D eigenvalue weighted by atomic mass is 35.5. The molecule has 0 N–H and O–H groups in total. The number of sulfonamides is 1. The van der Waals surface area contributed by atoms with Crippen LogP contribution in [0.15, 0.2) is 29.2 Å². The Morgan fingerprint density at radius 2 is 1.81 bits per heavy atom. The number of halogens is 1. The molecule has 0 saturated carbocycles. The van der Waals surface area contributed by atoms with Crippen LogP contribution in [-0.2, 0) is 10.0 Å². The number of hydrogen-bond donors (Lipinski definition) is 0. The van der Waals surface area contributed by atoms with Crippen molar-refractivity contribution in [3.63, 3.8) is 0 Å². The van der Waals surface area contributed by atoms with E-state index in [1.807, 2.05) is 6.92 Å². The summed E-state index contributed by atoms with van der Waals surface area (Å²) in [6, 6.07) is 8.42. The molecule has 5 nitrogen and oxygen atoms in total. The Labute approximate surface area is 130 Å². The number of piperazine rings is 1. The lowest BCUT2D eigenvalue weighted by Gasteiger charge is -2.34. The van der Waals surface area contributed by atoms with E-state index >= 15 is 0 Å². The zero-order chi connectivity index (χ0) is 15.5. The fourth-order valence-electron chi connectivity index (χ4n) is 2.34. The van der Waals surface area contributed by atoms with Crippen molar-refractivity contribution in [1.29, 1.82) is 5.26 Å². The standard InChI is InChI=1S/C14H18ClN3O2S/c1-12(10-16)11-17-6-8-18(9-7-17)21(19,20)14-4-2-13(15)3-5-14/h2-5,12H,6-9,11H2,1H3/t12-/m1/s1. The minimum atomic E-state index is -3.45. The zero-order valence-electron chi connectivity index (χ0n) is 11.9. The molecular formula is C14H18ClN3O2S. The number of nitriles is 1. The Morgan fingerprint density at radius 1 is 1.24 bits per heavy atom. The van der Waals surface area contributed by atoms with Crippen molar-refractivity contribution in [3.05, 3.63) is 29.3 Å². The average Bonchev–Trinajstić information content (AvgIpc) is 2.48. The van der Waals surface area contributed by atoms with E-state index in [-0.39, 0.29) is 10.8 Å². The number of nitrogens with zero attached hydrogens (tertiary/aromatic N) is 3. The van der Waals surface area contributed by atoms with Crippen molar-refractivity contribution in [3.8, 4) is 6.07 Å². The predicted octanol–water partition coefficient (Wildman–Crippen LogP) is 1.81. The van der Waals surface area contributed by atoms with Gasteiger partial charge in [0, 0.05) is 37.7 Å². The van der Waals surface area contributed by atoms with Gasteiger partial charge in [0.1, 0.15) is 0 Å². The van der Waals surface area contributed by atoms with Crippen molar-refractivity contribution < 1.29 is 8.42 Å². The van der Waals surface area contributed by atoms with Crippen molar-refractivity contribution in [2.75, 3.05) is 32.7 Å². The molecule has 0 amide bonds. The second-order valence-corrected chi connectivity index (χ2v) is 7.56. The quantitative estimate of drug-likeness (QED) is 0.846. The Hall–Kier alpha value is -1.13. The normalized spacial score (nSPS) is 19.1. The predicted molar refractivity (Wildman–Crippen MR) is 81.4 cm³/mol. The fourth-order valence-corrected chi connectivity index (χ4v) is 3.88. The van der Waals surface area contributed by atoms with Crippen LogP contribution in [0.25, 0.3) is 0 Å². The van der Waals surface area contributed by atoms with E-state index < -0.39 is 10.0 Å². The molecule has 1 heterocycles. The van der Waals surface area contributed by atoms with Crippen LogP contribution in [0.1, 0.15) is 6.92 Å². The second kappa shape index (κ2) is 6.75. The Balaban J connectivity index is 2.01. The Bertz CT molecular complexity index is 617. The molecule has 0 bridgehead atoms. The minimum absolute atomic E-state index is 0.0376. The molecule has 0 unspecified atom stereocenters. The van der Waals surface area contributed by atoms with E-state index in [4.69, 9.17) is 16.9 Å². The lowest BCUT2D eigenvalue weighted by molar-refractivity contribution is 0.178. The molecule has 114 valence electrons. The van der Waals surface area contributed by atoms with Gasteiger partial charge in [0.25, 0.3) is 0 Å². The van der Waals surface area contributed by atoms with Gasteiger partial charge in [-0.25, -0.2) is 8.42 Å². The minimum Gasteiger partial charge on any atom is -0.299 e. The van der Waals surface area contributed by atoms with Crippen LogP contribution >= 0.6 is 11.6 Å². The van der Waals surface area contributed by atoms with Gasteiger partial charge in [-0.3, -0.25) is 4.90 Å². The molecule has 0 radical (unpaired) electrons. The summed E-state index contributed by atoms with van der Waals surface area (Å²) < 4.78 is 26.5. The molecule has 0 aliphatic carbocycles. The Kier molecular flexibility index (Phi) is 5.22. The van der Waals surface area contributed by atoms with Gasteiger partial charge in [0.2, 0.25) is 10.0 Å². The van der Waals surface area contributed by atoms with Crippen LogP contribution in [-0.4, -0.2) is 50.3 Å². The van der Waals surface area contributed by atoms with Gasteiger partial charge in [-0.15, -0.1) is 0 Å². The third-order valence-corrected chi connectivity index (χ3v) is 5.70. The molecule has 1 aromatic carbocycles. The Morgan fingerprint density at radius 3 is 2.33 bits per heavy atom. The maximum Gasteiger partial charge on any atom is 0.243 e. The lowest BCUT2D eigenvalue weighted by Crippen LogP contribution is -2.49. The van der Waals surface area contributed by atoms with Gasteiger partial charge in [-0.05, 0) is 31.2 Å². The SMILES string of the molecule is C[C@H](C#N)CN1CCN(S(=O)(=O)c2ccc(Cl)cc2)CC1. The van der Waals surface area contributed by atoms with Crippen LogP contribution in [0.2, 0.25) is 5.02 Å². The molecule has 1 saturated heterocycles. The van der Waals surface area contributed by atoms with Crippen LogP contribution in [0.3, 0.4) is 0 Å². The van der Waals surface area contributed by atoms with E-state index in [9.17, 15) is 8.42 Å². The van der Waals surface area contributed by atoms with E-state index in [0.717, 1.165) is 0 Å². The van der Waals surface area contributed by atoms with Crippen LogP contribution in [0, 0.1) is 17.2 Å². The van der Waals surface area contributed by atoms with E-state index in [1.54, 1.807) is 12.1 Å². The van der Waals surface area contributed by atoms with Crippen molar-refractivity contribution in [1.82, 2.24) is 9.21 Å². The molecule has 7 heteroatoms. The lowest BCUT2D eigenvalue weighted by atomic mass is 10.2. The van der Waals surface area contributed by atoms with Crippen LogP contribution in [0.5, 0.6) is 0 Å². The summed E-state index contributed by atoms with van der Waals surface area (Å²) in [4.78, 5) is 2.40. The van der Waals surface area contributed by atoms with Crippen LogP contribution in [0.4, 0.5) is 0 Å². The van der Waals surface area contributed by atoms with Gasteiger partial charge >= 0.3 is 0 Å². The summed E-state index contributed by atoms with van der Waals surface area (Å²) in [5, 5.41) is 9.34. The average molecular weight is 328 g/mol. The highest BCUT2D eigenvalue weighted by Crippen LogP contribution is 2.20. The molecule has 1 atom stereocenters. The number of hydrogen-bond acceptors (Lipinski definition) is 4. The molecule has 21 heavy (non-hydrogen) atoms. The zero-order valence-corrected chi connectivity index (χ0v) is 13.4. The largest absolute Gasteiger partial charge is 0.299 e. The van der Waals surface area contributed by atoms with Gasteiger partial charge in [0.05, 0.1) is 16.9 Å². The summed E-state index contributed by atoms with van der Waals surface area (Å²) >= 11 is 5.79. The number of benzene rings is 1. The summed E-state index contributed by atoms with van der Waals surface area (Å²) in [7, 11) is -3.45. The van der Waals surface area contributed by atoms with E-state index in [0.29, 0.717) is 37.7 Å². The molecule has 1 aromatic rings. The summed E-state index contributed by atoms with van der Waals surface area (Å²) in [5.41, 5.74) is 0. The topological polar surface area (TPSA) is 64.4 Å². The molecular weight excluding hydrogens is 310 g/mol. The molecule has 1 aliphatic heterocycles. The molecule has 0 spiro atoms. The van der Waals surface area contributed by atoms with Gasteiger partial charge < -0.3 is 0 Å². The first-order valence-corrected chi connectivity index (χ1v) is 8.63. The van der Waals surface area contributed by atoms with E-state index in [2.05, 4.69) is 11.0 Å². The van der Waals surface area contributed by atoms with Crippen molar-refractivity contribution >= 4 is 21.6 Å². The highest BCUT2D eigenvalue weighted by Gasteiger charge is 2.28. The van der Waals surface area contributed by atoms with Gasteiger partial charge in [-0.1, -0.05) is 11.6 Å². The molecule has 1 aliphatic rings. The molecule has 2 rings (SSSR count). The first-order chi connectivity index (χ1) is 9.93. The molecule has 1 fully saturated rings. The second-order valence-electron chi connectivity index (χ2n) is 5.19. The third kappa shape index (κ3) is 3.95. The van der Waals surface area contributed by atoms with Gasteiger partial charge in [0.15, 0.2) is 0 Å². The highest BCUT2D eigenvalue weighted by molar-refractivity contribution is 7.89. The van der Waals surface area contributed by atoms with Crippen molar-refractivity contribution in [2.45, 2.75) is 11.8 Å². The fraction of sp³-hybridized carbons (Fsp3) is 0.500. The van der Waals surface area contributed by atoms with Crippen molar-refractivity contribution in [2.24, 2.45) is 5.92 Å². The third-order valence-electron chi connectivity index (χ3n) is 3.54. The van der Waals surface area contributed by atoms with Crippen LogP contribution < -0.4 is 0 Å². The monoisotopic (exact) mass is 327 g/mol. The molecule has 0 aromatic heterocycles. The first kappa shape index (κ1) is 16.2. The summed E-state index contributed by atoms with van der Waals surface area (Å²) in [5.74, 6) is -0.0376. The van der Waals surface area contributed by atoms with Gasteiger partial charge in [-0.2, -0.15) is 9.57 Å². The maximum absolute atomic E-state index is 12.5. The summed E-state index contributed by atoms with van der Waals surface area (Å²) in [6.07, 6.45) is 0. The smallest absolute Gasteiger partial charge is 0.243 e. The maximum atomic E-state index is 12.5.